The molecule has 0 spiro atoms. The Kier molecular flexibility index (Phi) is 6.72. The van der Waals surface area contributed by atoms with Crippen molar-refractivity contribution in [2.75, 3.05) is 18.2 Å². The fourth-order valence-corrected chi connectivity index (χ4v) is 3.11. The number of benzene rings is 1. The highest BCUT2D eigenvalue weighted by Crippen LogP contribution is 2.21. The molecule has 0 radical (unpaired) electrons. The zero-order valence-corrected chi connectivity index (χ0v) is 16.8. The van der Waals surface area contributed by atoms with Crippen molar-refractivity contribution in [3.8, 4) is 11.5 Å². The molecule has 0 saturated heterocycles. The van der Waals surface area contributed by atoms with E-state index >= 15 is 0 Å². The Hall–Kier alpha value is -2.78. The van der Waals surface area contributed by atoms with E-state index in [0.717, 1.165) is 5.75 Å². The Balaban J connectivity index is 1.52. The molecule has 0 saturated carbocycles. The van der Waals surface area contributed by atoms with Crippen molar-refractivity contribution in [3.63, 3.8) is 0 Å². The maximum Gasteiger partial charge on any atom is 0.234 e. The van der Waals surface area contributed by atoms with Gasteiger partial charge in [0, 0.05) is 13.2 Å². The molecule has 8 nitrogen and oxygen atoms in total. The number of anilines is 1. The molecule has 0 aliphatic rings. The third-order valence-corrected chi connectivity index (χ3v) is 5.04. The van der Waals surface area contributed by atoms with Crippen LogP contribution < -0.4 is 14.8 Å². The maximum atomic E-state index is 12.1. The Bertz CT molecular complexity index is 949. The number of halogens is 1. The molecule has 10 heteroatoms. The summed E-state index contributed by atoms with van der Waals surface area (Å²) in [7, 11) is 3.44. The molecule has 0 aliphatic heterocycles. The van der Waals surface area contributed by atoms with E-state index in [0.29, 0.717) is 22.4 Å². The molecule has 28 heavy (non-hydrogen) atoms. The largest absolute Gasteiger partial charge is 0.497 e. The highest BCUT2D eigenvalue weighted by Gasteiger charge is 2.13. The molecule has 2 heterocycles. The van der Waals surface area contributed by atoms with Crippen molar-refractivity contribution in [1.82, 2.24) is 19.7 Å². The van der Waals surface area contributed by atoms with Crippen molar-refractivity contribution >= 4 is 35.0 Å². The van der Waals surface area contributed by atoms with Gasteiger partial charge < -0.3 is 19.4 Å². The number of nitrogens with one attached hydrogen (secondary N) is 1. The molecular formula is C18H18ClN5O3S. The summed E-state index contributed by atoms with van der Waals surface area (Å²) in [6.45, 7) is 0.258. The summed E-state index contributed by atoms with van der Waals surface area (Å²) in [6, 6.07) is 10.7. The van der Waals surface area contributed by atoms with Gasteiger partial charge in [0.15, 0.2) is 16.1 Å². The lowest BCUT2D eigenvalue weighted by Crippen LogP contribution is -2.15. The number of ether oxygens (including phenoxy) is 2. The van der Waals surface area contributed by atoms with Gasteiger partial charge in [-0.15, -0.1) is 10.2 Å². The smallest absolute Gasteiger partial charge is 0.234 e. The van der Waals surface area contributed by atoms with E-state index in [2.05, 4.69) is 20.5 Å². The molecule has 2 aromatic heterocycles. The molecule has 1 N–H and O–H groups in total. The summed E-state index contributed by atoms with van der Waals surface area (Å²) in [4.78, 5) is 16.0. The van der Waals surface area contributed by atoms with Gasteiger partial charge in [0.05, 0.1) is 18.6 Å². The summed E-state index contributed by atoms with van der Waals surface area (Å²) >= 11 is 7.21. The number of aromatic nitrogens is 4. The second-order valence-corrected chi connectivity index (χ2v) is 6.90. The van der Waals surface area contributed by atoms with Gasteiger partial charge in [0.25, 0.3) is 0 Å². The van der Waals surface area contributed by atoms with Crippen LogP contribution in [-0.2, 0) is 18.4 Å². The zero-order valence-electron chi connectivity index (χ0n) is 15.3. The fraction of sp³-hybridized carbons (Fsp3) is 0.222. The average Bonchev–Trinajstić information content (AvgIpc) is 3.06. The van der Waals surface area contributed by atoms with E-state index in [-0.39, 0.29) is 23.4 Å². The van der Waals surface area contributed by atoms with Crippen LogP contribution in [0.5, 0.6) is 11.5 Å². The van der Waals surface area contributed by atoms with E-state index in [9.17, 15) is 4.79 Å². The van der Waals surface area contributed by atoms with Gasteiger partial charge in [0.1, 0.15) is 18.1 Å². The van der Waals surface area contributed by atoms with Crippen molar-refractivity contribution in [2.45, 2.75) is 11.8 Å². The molecule has 0 atom stereocenters. The number of nitrogens with zero attached hydrogens (tertiary/aromatic N) is 4. The quantitative estimate of drug-likeness (QED) is 0.443. The summed E-state index contributed by atoms with van der Waals surface area (Å²) in [5.74, 6) is 2.06. The molecule has 3 aromatic rings. The van der Waals surface area contributed by atoms with E-state index < -0.39 is 0 Å². The maximum absolute atomic E-state index is 12.1. The minimum Gasteiger partial charge on any atom is -0.497 e. The first kappa shape index (κ1) is 20.0. The molecule has 146 valence electrons. The summed E-state index contributed by atoms with van der Waals surface area (Å²) < 4.78 is 12.6. The fourth-order valence-electron chi connectivity index (χ4n) is 2.21. The van der Waals surface area contributed by atoms with Gasteiger partial charge in [0.2, 0.25) is 5.91 Å². The Morgan fingerprint density at radius 2 is 1.96 bits per heavy atom. The number of amides is 1. The minimum absolute atomic E-state index is 0.163. The third-order valence-electron chi connectivity index (χ3n) is 3.72. The lowest BCUT2D eigenvalue weighted by molar-refractivity contribution is -0.113. The van der Waals surface area contributed by atoms with Crippen molar-refractivity contribution in [2.24, 2.45) is 7.05 Å². The molecule has 3 rings (SSSR count). The second kappa shape index (κ2) is 9.43. The van der Waals surface area contributed by atoms with Crippen molar-refractivity contribution in [3.05, 3.63) is 53.6 Å². The first-order chi connectivity index (χ1) is 13.6. The molecule has 0 fully saturated rings. The van der Waals surface area contributed by atoms with Crippen LogP contribution in [0.3, 0.4) is 0 Å². The van der Waals surface area contributed by atoms with E-state index in [1.807, 2.05) is 31.3 Å². The first-order valence-electron chi connectivity index (χ1n) is 8.25. The number of hydrogen-bond acceptors (Lipinski definition) is 7. The van der Waals surface area contributed by atoms with Gasteiger partial charge in [-0.25, -0.2) is 4.98 Å². The zero-order chi connectivity index (χ0) is 19.9. The SMILES string of the molecule is COc1ccc(OCc2nnc(SCC(=O)Nc3cccnc3Cl)n2C)cc1. The number of thioether (sulfide) groups is 1. The number of carbonyl (C=O) groups excluding carboxylic acids is 1. The predicted molar refractivity (Wildman–Crippen MR) is 107 cm³/mol. The van der Waals surface area contributed by atoms with Gasteiger partial charge >= 0.3 is 0 Å². The highest BCUT2D eigenvalue weighted by molar-refractivity contribution is 7.99. The molecule has 1 aromatic carbocycles. The third kappa shape index (κ3) is 5.14. The van der Waals surface area contributed by atoms with Crippen LogP contribution in [0.1, 0.15) is 5.82 Å². The molecular weight excluding hydrogens is 402 g/mol. The lowest BCUT2D eigenvalue weighted by atomic mass is 10.3. The lowest BCUT2D eigenvalue weighted by Gasteiger charge is -2.08. The first-order valence-corrected chi connectivity index (χ1v) is 9.61. The molecule has 0 bridgehead atoms. The molecule has 1 amide bonds. The Morgan fingerprint density at radius 1 is 1.21 bits per heavy atom. The Labute approximate surface area is 171 Å². The number of methoxy groups -OCH3 is 1. The Morgan fingerprint density at radius 3 is 2.68 bits per heavy atom. The number of hydrogen-bond donors (Lipinski definition) is 1. The second-order valence-electron chi connectivity index (χ2n) is 5.60. The summed E-state index contributed by atoms with van der Waals surface area (Å²) in [6.07, 6.45) is 1.56. The van der Waals surface area contributed by atoms with Crippen LogP contribution >= 0.6 is 23.4 Å². The minimum atomic E-state index is -0.209. The van der Waals surface area contributed by atoms with E-state index in [1.54, 1.807) is 30.0 Å². The average molecular weight is 420 g/mol. The predicted octanol–water partition coefficient (Wildman–Crippen LogP) is 3.18. The highest BCUT2D eigenvalue weighted by atomic mass is 35.5. The van der Waals surface area contributed by atoms with Crippen LogP contribution in [-0.4, -0.2) is 38.5 Å². The van der Waals surface area contributed by atoms with Crippen molar-refractivity contribution < 1.29 is 14.3 Å². The standard InChI is InChI=1S/C18H18ClN5O3S/c1-24-15(10-27-13-7-5-12(26-2)6-8-13)22-23-18(24)28-11-16(25)21-14-4-3-9-20-17(14)19/h3-9H,10-11H2,1-2H3,(H,21,25). The van der Waals surface area contributed by atoms with Gasteiger partial charge in [-0.3, -0.25) is 4.79 Å². The molecule has 0 unspecified atom stereocenters. The summed E-state index contributed by atoms with van der Waals surface area (Å²) in [5.41, 5.74) is 0.473. The van der Waals surface area contributed by atoms with Crippen molar-refractivity contribution in [1.29, 1.82) is 0 Å². The van der Waals surface area contributed by atoms with E-state index in [4.69, 9.17) is 21.1 Å². The topological polar surface area (TPSA) is 91.2 Å². The number of rotatable bonds is 8. The van der Waals surface area contributed by atoms with Crippen LogP contribution in [0.25, 0.3) is 0 Å². The van der Waals surface area contributed by atoms with Gasteiger partial charge in [-0.2, -0.15) is 0 Å². The number of carbonyl (C=O) groups is 1. The monoisotopic (exact) mass is 419 g/mol. The van der Waals surface area contributed by atoms with Crippen LogP contribution in [0, 0.1) is 0 Å². The van der Waals surface area contributed by atoms with Gasteiger partial charge in [-0.1, -0.05) is 23.4 Å². The van der Waals surface area contributed by atoms with Crippen LogP contribution in [0.2, 0.25) is 5.15 Å². The van der Waals surface area contributed by atoms with Crippen LogP contribution in [0.15, 0.2) is 47.8 Å². The normalized spacial score (nSPS) is 10.5. The van der Waals surface area contributed by atoms with Crippen LogP contribution in [0.4, 0.5) is 5.69 Å². The number of pyridine rings is 1. The van der Waals surface area contributed by atoms with E-state index in [1.165, 1.54) is 11.8 Å². The molecule has 0 aliphatic carbocycles. The summed E-state index contributed by atoms with van der Waals surface area (Å²) in [5, 5.41) is 11.8. The van der Waals surface area contributed by atoms with Gasteiger partial charge in [-0.05, 0) is 36.4 Å².